The van der Waals surface area contributed by atoms with E-state index < -0.39 is 0 Å². The van der Waals surface area contributed by atoms with E-state index in [1.54, 1.807) is 6.07 Å². The van der Waals surface area contributed by atoms with E-state index in [1.165, 1.54) is 0 Å². The van der Waals surface area contributed by atoms with Crippen molar-refractivity contribution in [2.45, 2.75) is 45.7 Å². The molecule has 0 saturated heterocycles. The predicted octanol–water partition coefficient (Wildman–Crippen LogP) is 4.48. The van der Waals surface area contributed by atoms with E-state index in [1.807, 2.05) is 36.9 Å². The van der Waals surface area contributed by atoms with Crippen molar-refractivity contribution in [2.24, 2.45) is 5.92 Å². The fourth-order valence-electron chi connectivity index (χ4n) is 2.97. The van der Waals surface area contributed by atoms with Crippen LogP contribution in [0.5, 0.6) is 0 Å². The van der Waals surface area contributed by atoms with Gasteiger partial charge in [0.2, 0.25) is 17.7 Å². The lowest BCUT2D eigenvalue weighted by Crippen LogP contribution is -2.40. The predicted molar refractivity (Wildman–Crippen MR) is 96.9 cm³/mol. The van der Waals surface area contributed by atoms with Crippen molar-refractivity contribution in [3.05, 3.63) is 47.3 Å². The molecule has 0 aliphatic heterocycles. The molecule has 0 radical (unpaired) electrons. The van der Waals surface area contributed by atoms with Gasteiger partial charge in [0, 0.05) is 12.0 Å². The molecule has 3 rings (SSSR count). The van der Waals surface area contributed by atoms with Gasteiger partial charge < -0.3 is 9.32 Å². The largest absolute Gasteiger partial charge is 0.419 e. The summed E-state index contributed by atoms with van der Waals surface area (Å²) < 4.78 is 5.75. The molecular formula is C19H22ClN3O2. The third-order valence-electron chi connectivity index (χ3n) is 4.40. The number of allylic oxidation sites excluding steroid dienone is 2. The first kappa shape index (κ1) is 17.7. The van der Waals surface area contributed by atoms with Gasteiger partial charge in [0.05, 0.1) is 17.1 Å². The Labute approximate surface area is 152 Å². The average Bonchev–Trinajstić information content (AvgIpc) is 3.08. The maximum atomic E-state index is 12.9. The summed E-state index contributed by atoms with van der Waals surface area (Å²) in [6.45, 7) is 4.32. The van der Waals surface area contributed by atoms with Crippen molar-refractivity contribution < 1.29 is 9.21 Å². The van der Waals surface area contributed by atoms with Gasteiger partial charge in [-0.1, -0.05) is 35.9 Å². The number of rotatable bonds is 5. The summed E-state index contributed by atoms with van der Waals surface area (Å²) in [5.74, 6) is 0.982. The molecule has 0 spiro atoms. The molecule has 0 bridgehead atoms. The van der Waals surface area contributed by atoms with Crippen molar-refractivity contribution >= 4 is 17.5 Å². The van der Waals surface area contributed by atoms with E-state index in [4.69, 9.17) is 16.0 Å². The molecule has 132 valence electrons. The fraction of sp³-hybridized carbons (Fsp3) is 0.421. The SMILES string of the molecule is CC(C)N(Cc1nnc(-c2ccccc2Cl)o1)C(=O)C1CC=CCC1. The highest BCUT2D eigenvalue weighted by molar-refractivity contribution is 6.33. The number of amides is 1. The van der Waals surface area contributed by atoms with Gasteiger partial charge in [0.15, 0.2) is 0 Å². The van der Waals surface area contributed by atoms with E-state index in [9.17, 15) is 4.79 Å². The number of hydrogen-bond acceptors (Lipinski definition) is 4. The van der Waals surface area contributed by atoms with Crippen LogP contribution in [0.3, 0.4) is 0 Å². The first-order valence-electron chi connectivity index (χ1n) is 8.59. The Morgan fingerprint density at radius 2 is 2.12 bits per heavy atom. The molecule has 2 aromatic rings. The highest BCUT2D eigenvalue weighted by atomic mass is 35.5. The zero-order chi connectivity index (χ0) is 17.8. The van der Waals surface area contributed by atoms with Gasteiger partial charge in [0.1, 0.15) is 0 Å². The Balaban J connectivity index is 1.76. The van der Waals surface area contributed by atoms with Gasteiger partial charge in [-0.05, 0) is 45.2 Å². The summed E-state index contributed by atoms with van der Waals surface area (Å²) in [6, 6.07) is 7.39. The monoisotopic (exact) mass is 359 g/mol. The number of carbonyl (C=O) groups excluding carboxylic acids is 1. The summed E-state index contributed by atoms with van der Waals surface area (Å²) >= 11 is 6.18. The first-order valence-corrected chi connectivity index (χ1v) is 8.97. The zero-order valence-electron chi connectivity index (χ0n) is 14.5. The summed E-state index contributed by atoms with van der Waals surface area (Å²) in [5.41, 5.74) is 0.697. The van der Waals surface area contributed by atoms with Gasteiger partial charge >= 0.3 is 0 Å². The zero-order valence-corrected chi connectivity index (χ0v) is 15.2. The first-order chi connectivity index (χ1) is 12.1. The Kier molecular flexibility index (Phi) is 5.53. The number of halogens is 1. The molecule has 1 amide bonds. The number of aromatic nitrogens is 2. The standard InChI is InChI=1S/C19H22ClN3O2/c1-13(2)23(19(24)14-8-4-3-5-9-14)12-17-21-22-18(25-17)15-10-6-7-11-16(15)20/h3-4,6-7,10-11,13-14H,5,8-9,12H2,1-2H3. The minimum Gasteiger partial charge on any atom is -0.419 e. The lowest BCUT2D eigenvalue weighted by Gasteiger charge is -2.30. The Morgan fingerprint density at radius 1 is 1.32 bits per heavy atom. The minimum atomic E-state index is 0.0401. The average molecular weight is 360 g/mol. The van der Waals surface area contributed by atoms with Crippen molar-refractivity contribution in [1.29, 1.82) is 0 Å². The van der Waals surface area contributed by atoms with E-state index in [0.29, 0.717) is 28.9 Å². The lowest BCUT2D eigenvalue weighted by molar-refractivity contribution is -0.138. The second kappa shape index (κ2) is 7.83. The molecule has 6 heteroatoms. The number of carbonyl (C=O) groups is 1. The Hall–Kier alpha value is -2.14. The third kappa shape index (κ3) is 4.10. The topological polar surface area (TPSA) is 59.2 Å². The quantitative estimate of drug-likeness (QED) is 0.738. The molecule has 0 N–H and O–H groups in total. The maximum Gasteiger partial charge on any atom is 0.249 e. The van der Waals surface area contributed by atoms with Crippen molar-refractivity contribution in [1.82, 2.24) is 15.1 Å². The third-order valence-corrected chi connectivity index (χ3v) is 4.73. The number of hydrogen-bond donors (Lipinski definition) is 0. The van der Waals surface area contributed by atoms with Crippen LogP contribution in [-0.4, -0.2) is 27.0 Å². The Morgan fingerprint density at radius 3 is 2.80 bits per heavy atom. The second-order valence-corrected chi connectivity index (χ2v) is 6.93. The van der Waals surface area contributed by atoms with E-state index in [2.05, 4.69) is 22.3 Å². The normalized spacial score (nSPS) is 17.0. The number of benzene rings is 1. The molecule has 0 saturated carbocycles. The van der Waals surface area contributed by atoms with Crippen LogP contribution in [0.1, 0.15) is 39.0 Å². The van der Waals surface area contributed by atoms with Crippen LogP contribution in [0.15, 0.2) is 40.8 Å². The van der Waals surface area contributed by atoms with Gasteiger partial charge in [-0.3, -0.25) is 4.79 Å². The summed E-state index contributed by atoms with van der Waals surface area (Å²) in [6.07, 6.45) is 6.88. The van der Waals surface area contributed by atoms with Gasteiger partial charge in [-0.2, -0.15) is 0 Å². The van der Waals surface area contributed by atoms with E-state index in [0.717, 1.165) is 19.3 Å². The fourth-order valence-corrected chi connectivity index (χ4v) is 3.19. The molecule has 1 aromatic heterocycles. The van der Waals surface area contributed by atoms with Crippen LogP contribution < -0.4 is 0 Å². The van der Waals surface area contributed by atoms with E-state index in [-0.39, 0.29) is 17.9 Å². The summed E-state index contributed by atoms with van der Waals surface area (Å²) in [4.78, 5) is 14.7. The van der Waals surface area contributed by atoms with E-state index >= 15 is 0 Å². The molecule has 0 fully saturated rings. The Bertz CT molecular complexity index is 770. The summed E-state index contributed by atoms with van der Waals surface area (Å²) in [5, 5.41) is 8.74. The highest BCUT2D eigenvalue weighted by Gasteiger charge is 2.27. The van der Waals surface area contributed by atoms with Crippen molar-refractivity contribution in [3.63, 3.8) is 0 Å². The molecule has 1 aliphatic carbocycles. The molecule has 1 aromatic carbocycles. The van der Waals surface area contributed by atoms with Crippen LogP contribution in [0.2, 0.25) is 5.02 Å². The lowest BCUT2D eigenvalue weighted by atomic mass is 9.92. The molecule has 1 atom stereocenters. The molecule has 25 heavy (non-hydrogen) atoms. The molecule has 1 aliphatic rings. The summed E-state index contributed by atoms with van der Waals surface area (Å²) in [7, 11) is 0. The van der Waals surface area contributed by atoms with Crippen LogP contribution in [0.25, 0.3) is 11.5 Å². The molecule has 1 unspecified atom stereocenters. The van der Waals surface area contributed by atoms with Crippen LogP contribution >= 0.6 is 11.6 Å². The van der Waals surface area contributed by atoms with Crippen molar-refractivity contribution in [2.75, 3.05) is 0 Å². The smallest absolute Gasteiger partial charge is 0.249 e. The van der Waals surface area contributed by atoms with Crippen molar-refractivity contribution in [3.8, 4) is 11.5 Å². The van der Waals surface area contributed by atoms with Gasteiger partial charge in [0.25, 0.3) is 0 Å². The molecule has 1 heterocycles. The van der Waals surface area contributed by atoms with Crippen LogP contribution in [0.4, 0.5) is 0 Å². The van der Waals surface area contributed by atoms with Crippen LogP contribution in [-0.2, 0) is 11.3 Å². The minimum absolute atomic E-state index is 0.0401. The van der Waals surface area contributed by atoms with Crippen LogP contribution in [0, 0.1) is 5.92 Å². The maximum absolute atomic E-state index is 12.9. The highest BCUT2D eigenvalue weighted by Crippen LogP contribution is 2.27. The second-order valence-electron chi connectivity index (χ2n) is 6.52. The van der Waals surface area contributed by atoms with Gasteiger partial charge in [-0.25, -0.2) is 0 Å². The number of nitrogens with zero attached hydrogens (tertiary/aromatic N) is 3. The molecular weight excluding hydrogens is 338 g/mol. The van der Waals surface area contributed by atoms with Gasteiger partial charge in [-0.15, -0.1) is 10.2 Å². The molecule has 5 nitrogen and oxygen atoms in total.